The Morgan fingerprint density at radius 1 is 1.32 bits per heavy atom. The lowest BCUT2D eigenvalue weighted by Gasteiger charge is -2.18. The van der Waals surface area contributed by atoms with Crippen molar-refractivity contribution in [3.63, 3.8) is 0 Å². The van der Waals surface area contributed by atoms with Gasteiger partial charge in [-0.1, -0.05) is 6.07 Å². The summed E-state index contributed by atoms with van der Waals surface area (Å²) in [7, 11) is -2.01. The topological polar surface area (TPSA) is 46.6 Å². The number of aryl methyl sites for hydroxylation is 1. The Balaban J connectivity index is 1.90. The van der Waals surface area contributed by atoms with Gasteiger partial charge < -0.3 is 4.74 Å². The number of rotatable bonds is 4. The van der Waals surface area contributed by atoms with Crippen molar-refractivity contribution in [3.8, 4) is 5.75 Å². The van der Waals surface area contributed by atoms with Crippen LogP contribution in [-0.4, -0.2) is 32.9 Å². The maximum atomic E-state index is 12.9. The van der Waals surface area contributed by atoms with E-state index < -0.39 is 10.0 Å². The van der Waals surface area contributed by atoms with Crippen molar-refractivity contribution < 1.29 is 13.2 Å². The van der Waals surface area contributed by atoms with Crippen molar-refractivity contribution in [3.05, 3.63) is 46.2 Å². The number of hydrogen-bond donors (Lipinski definition) is 0. The molecule has 1 saturated heterocycles. The van der Waals surface area contributed by atoms with Crippen molar-refractivity contribution >= 4 is 21.4 Å². The molecule has 1 fully saturated rings. The fraction of sp³-hybridized carbons (Fsp3) is 0.375. The summed E-state index contributed by atoms with van der Waals surface area (Å²) >= 11 is 1.65. The van der Waals surface area contributed by atoms with Crippen molar-refractivity contribution in [2.24, 2.45) is 0 Å². The number of ether oxygens (including phenoxy) is 1. The highest BCUT2D eigenvalue weighted by Crippen LogP contribution is 2.34. The highest BCUT2D eigenvalue weighted by atomic mass is 32.2. The molecule has 1 aromatic carbocycles. The molecule has 0 saturated carbocycles. The summed E-state index contributed by atoms with van der Waals surface area (Å²) < 4.78 is 32.7. The molecule has 22 heavy (non-hydrogen) atoms. The summed E-state index contributed by atoms with van der Waals surface area (Å²) in [5, 5.41) is 4.14. The maximum Gasteiger partial charge on any atom is 0.246 e. The molecule has 0 spiro atoms. The Morgan fingerprint density at radius 2 is 2.14 bits per heavy atom. The molecule has 118 valence electrons. The molecule has 3 rings (SSSR count). The molecule has 2 heterocycles. The predicted molar refractivity (Wildman–Crippen MR) is 88.2 cm³/mol. The zero-order chi connectivity index (χ0) is 15.7. The van der Waals surface area contributed by atoms with Crippen molar-refractivity contribution in [2.75, 3.05) is 20.2 Å². The van der Waals surface area contributed by atoms with Crippen LogP contribution >= 0.6 is 11.3 Å². The van der Waals surface area contributed by atoms with Crippen molar-refractivity contribution in [2.45, 2.75) is 24.2 Å². The van der Waals surface area contributed by atoms with E-state index in [1.165, 1.54) is 12.7 Å². The smallest absolute Gasteiger partial charge is 0.246 e. The second-order valence-corrected chi connectivity index (χ2v) is 8.25. The molecular weight excluding hydrogens is 318 g/mol. The Kier molecular flexibility index (Phi) is 4.25. The first-order chi connectivity index (χ1) is 10.5. The van der Waals surface area contributed by atoms with Crippen LogP contribution in [0, 0.1) is 6.92 Å². The fourth-order valence-corrected chi connectivity index (χ4v) is 5.33. The van der Waals surface area contributed by atoms with Gasteiger partial charge in [-0.3, -0.25) is 0 Å². The largest absolute Gasteiger partial charge is 0.495 e. The monoisotopic (exact) mass is 337 g/mol. The van der Waals surface area contributed by atoms with Crippen LogP contribution in [0.3, 0.4) is 0 Å². The summed E-state index contributed by atoms with van der Waals surface area (Å²) in [5.41, 5.74) is 2.15. The molecule has 1 aliphatic rings. The molecule has 0 amide bonds. The molecule has 4 nitrogen and oxygen atoms in total. The molecular formula is C16H19NO3S2. The van der Waals surface area contributed by atoms with E-state index in [4.69, 9.17) is 4.74 Å². The number of benzene rings is 1. The zero-order valence-electron chi connectivity index (χ0n) is 12.7. The van der Waals surface area contributed by atoms with Gasteiger partial charge >= 0.3 is 0 Å². The summed E-state index contributed by atoms with van der Waals surface area (Å²) in [6.07, 6.45) is 0.865. The van der Waals surface area contributed by atoms with Gasteiger partial charge in [0.1, 0.15) is 10.6 Å². The van der Waals surface area contributed by atoms with Crippen LogP contribution in [0.15, 0.2) is 39.9 Å². The van der Waals surface area contributed by atoms with Gasteiger partial charge in [0, 0.05) is 13.1 Å². The predicted octanol–water partition coefficient (Wildman–Crippen LogP) is 3.24. The summed E-state index contributed by atoms with van der Waals surface area (Å²) in [5.74, 6) is 0.696. The van der Waals surface area contributed by atoms with E-state index in [-0.39, 0.29) is 10.8 Å². The minimum atomic E-state index is -3.52. The number of thiophene rings is 1. The Labute approximate surface area is 135 Å². The number of sulfonamides is 1. The van der Waals surface area contributed by atoms with E-state index >= 15 is 0 Å². The van der Waals surface area contributed by atoms with Gasteiger partial charge in [-0.05, 0) is 59.3 Å². The lowest BCUT2D eigenvalue weighted by atomic mass is 10.0. The summed E-state index contributed by atoms with van der Waals surface area (Å²) in [6.45, 7) is 2.98. The van der Waals surface area contributed by atoms with Crippen LogP contribution < -0.4 is 4.74 Å². The average Bonchev–Trinajstić information content (AvgIpc) is 3.18. The third kappa shape index (κ3) is 2.78. The van der Waals surface area contributed by atoms with Crippen LogP contribution in [0.1, 0.15) is 23.5 Å². The highest BCUT2D eigenvalue weighted by Gasteiger charge is 2.35. The molecule has 0 bridgehead atoms. The zero-order valence-corrected chi connectivity index (χ0v) is 14.3. The molecule has 1 aromatic heterocycles. The van der Waals surface area contributed by atoms with Crippen LogP contribution in [-0.2, 0) is 10.0 Å². The normalized spacial score (nSPS) is 19.5. The quantitative estimate of drug-likeness (QED) is 0.860. The molecule has 0 radical (unpaired) electrons. The molecule has 2 aromatic rings. The first kappa shape index (κ1) is 15.5. The molecule has 1 aliphatic heterocycles. The van der Waals surface area contributed by atoms with Gasteiger partial charge in [0.15, 0.2) is 0 Å². The second kappa shape index (κ2) is 6.02. The highest BCUT2D eigenvalue weighted by molar-refractivity contribution is 7.89. The van der Waals surface area contributed by atoms with Gasteiger partial charge in [0.25, 0.3) is 0 Å². The summed E-state index contributed by atoms with van der Waals surface area (Å²) in [4.78, 5) is 0.265. The van der Waals surface area contributed by atoms with Gasteiger partial charge in [0.2, 0.25) is 10.0 Å². The van der Waals surface area contributed by atoms with E-state index in [0.29, 0.717) is 18.8 Å². The SMILES string of the molecule is COc1ccc(C)cc1S(=O)(=O)N1CCC(c2ccsc2)C1. The minimum Gasteiger partial charge on any atom is -0.495 e. The van der Waals surface area contributed by atoms with Crippen molar-refractivity contribution in [1.29, 1.82) is 0 Å². The maximum absolute atomic E-state index is 12.9. The average molecular weight is 337 g/mol. The third-order valence-corrected chi connectivity index (χ3v) is 6.69. The first-order valence-electron chi connectivity index (χ1n) is 7.19. The van der Waals surface area contributed by atoms with E-state index in [2.05, 4.69) is 11.4 Å². The summed E-state index contributed by atoms with van der Waals surface area (Å²) in [6, 6.07) is 7.34. The minimum absolute atomic E-state index is 0.265. The van der Waals surface area contributed by atoms with Gasteiger partial charge in [-0.15, -0.1) is 0 Å². The second-order valence-electron chi connectivity index (χ2n) is 5.56. The lowest BCUT2D eigenvalue weighted by Crippen LogP contribution is -2.29. The fourth-order valence-electron chi connectivity index (χ4n) is 2.85. The van der Waals surface area contributed by atoms with E-state index in [1.54, 1.807) is 27.8 Å². The molecule has 1 unspecified atom stereocenters. The third-order valence-electron chi connectivity index (χ3n) is 4.10. The molecule has 0 aliphatic carbocycles. The van der Waals surface area contributed by atoms with Crippen LogP contribution in [0.4, 0.5) is 0 Å². The van der Waals surface area contributed by atoms with E-state index in [1.807, 2.05) is 18.4 Å². The molecule has 1 atom stereocenters. The van der Waals surface area contributed by atoms with Crippen molar-refractivity contribution in [1.82, 2.24) is 4.31 Å². The van der Waals surface area contributed by atoms with E-state index in [9.17, 15) is 8.42 Å². The number of methoxy groups -OCH3 is 1. The van der Waals surface area contributed by atoms with Crippen LogP contribution in [0.5, 0.6) is 5.75 Å². The first-order valence-corrected chi connectivity index (χ1v) is 9.57. The molecule has 6 heteroatoms. The van der Waals surface area contributed by atoms with Gasteiger partial charge in [-0.2, -0.15) is 15.6 Å². The van der Waals surface area contributed by atoms with Crippen LogP contribution in [0.2, 0.25) is 0 Å². The Bertz CT molecular complexity index is 754. The van der Waals surface area contributed by atoms with Gasteiger partial charge in [-0.25, -0.2) is 8.42 Å². The standard InChI is InChI=1S/C16H19NO3S2/c1-12-3-4-15(20-2)16(9-12)22(18,19)17-7-5-13(10-17)14-6-8-21-11-14/h3-4,6,8-9,11,13H,5,7,10H2,1-2H3. The lowest BCUT2D eigenvalue weighted by molar-refractivity contribution is 0.398. The van der Waals surface area contributed by atoms with Gasteiger partial charge in [0.05, 0.1) is 7.11 Å². The van der Waals surface area contributed by atoms with Crippen LogP contribution in [0.25, 0.3) is 0 Å². The Morgan fingerprint density at radius 3 is 2.82 bits per heavy atom. The van der Waals surface area contributed by atoms with E-state index in [0.717, 1.165) is 12.0 Å². The Hall–Kier alpha value is -1.37. The molecule has 0 N–H and O–H groups in total. The number of hydrogen-bond acceptors (Lipinski definition) is 4. The number of nitrogens with zero attached hydrogens (tertiary/aromatic N) is 1.